The zero-order valence-corrected chi connectivity index (χ0v) is 18.3. The van der Waals surface area contributed by atoms with Crippen molar-refractivity contribution in [2.45, 2.75) is 38.0 Å². The monoisotopic (exact) mass is 460 g/mol. The molecule has 1 aromatic carbocycles. The number of halogens is 1. The number of nitrogens with one attached hydrogen (secondary N) is 1. The number of anilines is 1. The first-order valence-electron chi connectivity index (χ1n) is 8.81. The molecular weight excluding hydrogens is 440 g/mol. The van der Waals surface area contributed by atoms with Gasteiger partial charge in [-0.15, -0.1) is 11.3 Å². The Morgan fingerprint density at radius 1 is 1.38 bits per heavy atom. The van der Waals surface area contributed by atoms with E-state index >= 15 is 0 Å². The minimum Gasteiger partial charge on any atom is -0.301 e. The number of nitro groups is 1. The lowest BCUT2D eigenvalue weighted by Gasteiger charge is -2.21. The van der Waals surface area contributed by atoms with Crippen LogP contribution in [0.4, 0.5) is 10.8 Å². The number of carbonyl (C=O) groups excluding carboxylic acids is 1. The third kappa shape index (κ3) is 6.20. The maximum absolute atomic E-state index is 13.1. The number of benzene rings is 1. The molecular formula is C17H21ClN4O5S2. The zero-order valence-electron chi connectivity index (χ0n) is 15.9. The van der Waals surface area contributed by atoms with Crippen LogP contribution in [-0.2, 0) is 14.8 Å². The summed E-state index contributed by atoms with van der Waals surface area (Å²) in [5.41, 5.74) is 0.232. The SMILES string of the molecule is CCCCCN(CC(=O)Nc1nc(C)cs1)S(=O)(=O)c1ccc(Cl)c([N+](=O)[O-])c1. The van der Waals surface area contributed by atoms with Gasteiger partial charge in [-0.1, -0.05) is 31.4 Å². The molecule has 0 bridgehead atoms. The first kappa shape index (κ1) is 23.2. The van der Waals surface area contributed by atoms with Crippen LogP contribution < -0.4 is 5.32 Å². The van der Waals surface area contributed by atoms with Crippen LogP contribution >= 0.6 is 22.9 Å². The Bertz CT molecular complexity index is 993. The number of aryl methyl sites for hydroxylation is 1. The highest BCUT2D eigenvalue weighted by Gasteiger charge is 2.29. The Kier molecular flexibility index (Phi) is 8.08. The highest BCUT2D eigenvalue weighted by Crippen LogP contribution is 2.28. The molecule has 1 amide bonds. The Balaban J connectivity index is 2.28. The maximum Gasteiger partial charge on any atom is 0.289 e. The van der Waals surface area contributed by atoms with Crippen molar-refractivity contribution in [1.29, 1.82) is 0 Å². The van der Waals surface area contributed by atoms with Crippen LogP contribution in [0.2, 0.25) is 5.02 Å². The molecule has 158 valence electrons. The predicted molar refractivity (Wildman–Crippen MR) is 112 cm³/mol. The summed E-state index contributed by atoms with van der Waals surface area (Å²) in [5, 5.41) is 15.7. The van der Waals surface area contributed by atoms with Gasteiger partial charge in [0.05, 0.1) is 22.1 Å². The number of aromatic nitrogens is 1. The van der Waals surface area contributed by atoms with E-state index in [4.69, 9.17) is 11.6 Å². The molecule has 0 saturated carbocycles. The smallest absolute Gasteiger partial charge is 0.289 e. The van der Waals surface area contributed by atoms with Crippen LogP contribution in [0.25, 0.3) is 0 Å². The number of carbonyl (C=O) groups is 1. The highest BCUT2D eigenvalue weighted by atomic mass is 35.5. The third-order valence-corrected chi connectivity index (χ3v) is 6.98. The summed E-state index contributed by atoms with van der Waals surface area (Å²) < 4.78 is 27.2. The summed E-state index contributed by atoms with van der Waals surface area (Å²) in [6.45, 7) is 3.43. The Labute approximate surface area is 177 Å². The van der Waals surface area contributed by atoms with E-state index < -0.39 is 33.1 Å². The molecule has 2 aromatic rings. The van der Waals surface area contributed by atoms with Crippen LogP contribution in [0, 0.1) is 17.0 Å². The number of amides is 1. The third-order valence-electron chi connectivity index (χ3n) is 3.95. The van der Waals surface area contributed by atoms with Gasteiger partial charge in [0.25, 0.3) is 5.69 Å². The van der Waals surface area contributed by atoms with Crippen molar-refractivity contribution < 1.29 is 18.1 Å². The molecule has 1 aromatic heterocycles. The topological polar surface area (TPSA) is 123 Å². The lowest BCUT2D eigenvalue weighted by molar-refractivity contribution is -0.384. The van der Waals surface area contributed by atoms with Crippen molar-refractivity contribution in [3.05, 3.63) is 44.4 Å². The number of hydrogen-bond acceptors (Lipinski definition) is 7. The molecule has 29 heavy (non-hydrogen) atoms. The highest BCUT2D eigenvalue weighted by molar-refractivity contribution is 7.89. The summed E-state index contributed by atoms with van der Waals surface area (Å²) in [5.74, 6) is -0.539. The van der Waals surface area contributed by atoms with Crippen molar-refractivity contribution in [2.75, 3.05) is 18.4 Å². The molecule has 0 unspecified atom stereocenters. The number of hydrogen-bond donors (Lipinski definition) is 1. The molecule has 0 saturated heterocycles. The predicted octanol–water partition coefficient (Wildman–Crippen LogP) is 3.83. The number of nitro benzene ring substituents is 1. The van der Waals surface area contributed by atoms with Gasteiger partial charge in [-0.05, 0) is 25.5 Å². The van der Waals surface area contributed by atoms with Gasteiger partial charge in [-0.2, -0.15) is 4.31 Å². The van der Waals surface area contributed by atoms with E-state index in [1.54, 1.807) is 12.3 Å². The van der Waals surface area contributed by atoms with Crippen molar-refractivity contribution in [3.63, 3.8) is 0 Å². The minimum atomic E-state index is -4.14. The van der Waals surface area contributed by atoms with Gasteiger partial charge in [-0.25, -0.2) is 13.4 Å². The van der Waals surface area contributed by atoms with Crippen LogP contribution in [0.1, 0.15) is 31.9 Å². The van der Waals surface area contributed by atoms with Gasteiger partial charge < -0.3 is 5.32 Å². The number of unbranched alkanes of at least 4 members (excludes halogenated alkanes) is 2. The molecule has 0 aliphatic heterocycles. The summed E-state index contributed by atoms with van der Waals surface area (Å²) in [4.78, 5) is 26.6. The summed E-state index contributed by atoms with van der Waals surface area (Å²) >= 11 is 7.02. The second kappa shape index (κ2) is 10.1. The fourth-order valence-corrected chi connectivity index (χ4v) is 4.84. The van der Waals surface area contributed by atoms with E-state index in [1.807, 2.05) is 6.92 Å². The normalized spacial score (nSPS) is 11.6. The zero-order chi connectivity index (χ0) is 21.6. The molecule has 0 aliphatic carbocycles. The Hall–Kier alpha value is -2.08. The van der Waals surface area contributed by atoms with Crippen LogP contribution in [0.5, 0.6) is 0 Å². The molecule has 0 fully saturated rings. The molecule has 2 rings (SSSR count). The largest absolute Gasteiger partial charge is 0.301 e. The van der Waals surface area contributed by atoms with Gasteiger partial charge in [0, 0.05) is 18.0 Å². The number of rotatable bonds is 10. The molecule has 12 heteroatoms. The average Bonchev–Trinajstić information content (AvgIpc) is 3.05. The van der Waals surface area contributed by atoms with E-state index in [9.17, 15) is 23.3 Å². The average molecular weight is 461 g/mol. The number of thiazole rings is 1. The van der Waals surface area contributed by atoms with E-state index in [0.717, 1.165) is 35.0 Å². The van der Waals surface area contributed by atoms with Gasteiger partial charge in [-0.3, -0.25) is 14.9 Å². The molecule has 1 heterocycles. The fourth-order valence-electron chi connectivity index (χ4n) is 2.49. The first-order chi connectivity index (χ1) is 13.6. The molecule has 0 spiro atoms. The van der Waals surface area contributed by atoms with Crippen LogP contribution in [0.3, 0.4) is 0 Å². The standard InChI is InChI=1S/C17H21ClN4O5S2/c1-3-4-5-8-21(10-16(23)20-17-19-12(2)11-28-17)29(26,27)13-6-7-14(18)15(9-13)22(24)25/h6-7,9,11H,3-5,8,10H2,1-2H3,(H,19,20,23). The second-order valence-electron chi connectivity index (χ2n) is 6.26. The Morgan fingerprint density at radius 2 is 2.10 bits per heavy atom. The minimum absolute atomic E-state index is 0.108. The molecule has 9 nitrogen and oxygen atoms in total. The summed E-state index contributed by atoms with van der Waals surface area (Å²) in [6.07, 6.45) is 2.19. The first-order valence-corrected chi connectivity index (χ1v) is 11.5. The quantitative estimate of drug-likeness (QED) is 0.326. The summed E-state index contributed by atoms with van der Waals surface area (Å²) in [6, 6.07) is 3.27. The van der Waals surface area contributed by atoms with Crippen molar-refractivity contribution >= 4 is 49.7 Å². The van der Waals surface area contributed by atoms with Crippen LogP contribution in [-0.4, -0.2) is 41.6 Å². The van der Waals surface area contributed by atoms with Crippen molar-refractivity contribution in [3.8, 4) is 0 Å². The Morgan fingerprint density at radius 3 is 2.69 bits per heavy atom. The maximum atomic E-state index is 13.1. The van der Waals surface area contributed by atoms with Gasteiger partial charge in [0.15, 0.2) is 5.13 Å². The van der Waals surface area contributed by atoms with E-state index in [-0.39, 0.29) is 16.5 Å². The van der Waals surface area contributed by atoms with Crippen molar-refractivity contribution in [1.82, 2.24) is 9.29 Å². The lowest BCUT2D eigenvalue weighted by Crippen LogP contribution is -2.38. The summed E-state index contributed by atoms with van der Waals surface area (Å²) in [7, 11) is -4.14. The molecule has 0 radical (unpaired) electrons. The second-order valence-corrected chi connectivity index (χ2v) is 9.46. The molecule has 1 N–H and O–H groups in total. The molecule has 0 atom stereocenters. The van der Waals surface area contributed by atoms with Gasteiger partial charge in [0.1, 0.15) is 5.02 Å². The molecule has 0 aliphatic rings. The fraction of sp³-hybridized carbons (Fsp3) is 0.412. The van der Waals surface area contributed by atoms with Crippen LogP contribution in [0.15, 0.2) is 28.5 Å². The lowest BCUT2D eigenvalue weighted by atomic mass is 10.2. The number of sulfonamides is 1. The van der Waals surface area contributed by atoms with Crippen molar-refractivity contribution in [2.24, 2.45) is 0 Å². The van der Waals surface area contributed by atoms with Gasteiger partial charge in [0.2, 0.25) is 15.9 Å². The van der Waals surface area contributed by atoms with E-state index in [1.165, 1.54) is 17.4 Å². The van der Waals surface area contributed by atoms with E-state index in [2.05, 4.69) is 10.3 Å². The van der Waals surface area contributed by atoms with E-state index in [0.29, 0.717) is 11.6 Å². The number of nitrogens with zero attached hydrogens (tertiary/aromatic N) is 3. The van der Waals surface area contributed by atoms with Gasteiger partial charge >= 0.3 is 0 Å².